The number of halogens is 2. The van der Waals surface area contributed by atoms with E-state index in [2.05, 4.69) is 10.3 Å². The molecule has 0 fully saturated rings. The van der Waals surface area contributed by atoms with Crippen molar-refractivity contribution in [1.29, 1.82) is 0 Å². The SMILES string of the molecule is CCNC(Cc1ccc(Cl)c(F)c1)c1cccnc1OC. The molecule has 1 atom stereocenters. The fourth-order valence-electron chi connectivity index (χ4n) is 2.28. The van der Waals surface area contributed by atoms with Crippen molar-refractivity contribution in [2.45, 2.75) is 19.4 Å². The molecule has 0 aliphatic rings. The summed E-state index contributed by atoms with van der Waals surface area (Å²) in [5.41, 5.74) is 1.82. The summed E-state index contributed by atoms with van der Waals surface area (Å²) in [5, 5.41) is 3.52. The van der Waals surface area contributed by atoms with Crippen LogP contribution in [0.5, 0.6) is 5.88 Å². The smallest absolute Gasteiger partial charge is 0.217 e. The van der Waals surface area contributed by atoms with Gasteiger partial charge in [0.15, 0.2) is 0 Å². The van der Waals surface area contributed by atoms with Crippen LogP contribution in [0.3, 0.4) is 0 Å². The molecule has 0 aliphatic heterocycles. The van der Waals surface area contributed by atoms with Crippen LogP contribution in [0.1, 0.15) is 24.1 Å². The standard InChI is InChI=1S/C16H18ClFN2O/c1-3-19-15(12-5-4-8-20-16(12)21-2)10-11-6-7-13(17)14(18)9-11/h4-9,15,19H,3,10H2,1-2H3. The summed E-state index contributed by atoms with van der Waals surface area (Å²) in [6, 6.07) is 8.71. The first-order valence-corrected chi connectivity index (χ1v) is 7.19. The molecule has 1 aromatic carbocycles. The zero-order valence-electron chi connectivity index (χ0n) is 12.1. The van der Waals surface area contributed by atoms with Crippen LogP contribution in [-0.4, -0.2) is 18.6 Å². The third kappa shape index (κ3) is 3.93. The molecule has 0 spiro atoms. The lowest BCUT2D eigenvalue weighted by Gasteiger charge is -2.20. The minimum absolute atomic E-state index is 0.000717. The van der Waals surface area contributed by atoms with Crippen LogP contribution in [0.2, 0.25) is 5.02 Å². The highest BCUT2D eigenvalue weighted by Crippen LogP contribution is 2.26. The molecule has 112 valence electrons. The Balaban J connectivity index is 2.28. The van der Waals surface area contributed by atoms with Crippen LogP contribution in [0.4, 0.5) is 4.39 Å². The minimum Gasteiger partial charge on any atom is -0.481 e. The normalized spacial score (nSPS) is 12.2. The number of methoxy groups -OCH3 is 1. The van der Waals surface area contributed by atoms with E-state index in [1.165, 1.54) is 6.07 Å². The van der Waals surface area contributed by atoms with Crippen LogP contribution in [-0.2, 0) is 6.42 Å². The molecule has 1 N–H and O–H groups in total. The number of aromatic nitrogens is 1. The van der Waals surface area contributed by atoms with Gasteiger partial charge in [0.25, 0.3) is 0 Å². The number of pyridine rings is 1. The number of hydrogen-bond donors (Lipinski definition) is 1. The first-order chi connectivity index (χ1) is 10.2. The maximum atomic E-state index is 13.6. The summed E-state index contributed by atoms with van der Waals surface area (Å²) in [6.07, 6.45) is 2.32. The molecule has 2 rings (SSSR count). The quantitative estimate of drug-likeness (QED) is 0.882. The highest BCUT2D eigenvalue weighted by molar-refractivity contribution is 6.30. The Morgan fingerprint density at radius 1 is 1.38 bits per heavy atom. The second-order valence-corrected chi connectivity index (χ2v) is 5.07. The van der Waals surface area contributed by atoms with Gasteiger partial charge in [-0.15, -0.1) is 0 Å². The van der Waals surface area contributed by atoms with E-state index < -0.39 is 5.82 Å². The van der Waals surface area contributed by atoms with E-state index in [1.54, 1.807) is 19.4 Å². The van der Waals surface area contributed by atoms with E-state index in [-0.39, 0.29) is 11.1 Å². The Labute approximate surface area is 129 Å². The minimum atomic E-state index is -0.400. The molecular formula is C16H18ClFN2O. The Morgan fingerprint density at radius 2 is 2.19 bits per heavy atom. The fourth-order valence-corrected chi connectivity index (χ4v) is 2.40. The van der Waals surface area contributed by atoms with Crippen molar-refractivity contribution in [3.05, 3.63) is 58.5 Å². The molecular weight excluding hydrogens is 291 g/mol. The Kier molecular flexibility index (Phi) is 5.53. The van der Waals surface area contributed by atoms with E-state index >= 15 is 0 Å². The number of nitrogens with zero attached hydrogens (tertiary/aromatic N) is 1. The van der Waals surface area contributed by atoms with Gasteiger partial charge in [0.2, 0.25) is 5.88 Å². The lowest BCUT2D eigenvalue weighted by atomic mass is 9.99. The van der Waals surface area contributed by atoms with Crippen LogP contribution in [0.15, 0.2) is 36.5 Å². The van der Waals surface area contributed by atoms with Crippen molar-refractivity contribution >= 4 is 11.6 Å². The molecule has 3 nitrogen and oxygen atoms in total. The van der Waals surface area contributed by atoms with Crippen LogP contribution in [0, 0.1) is 5.82 Å². The molecule has 0 amide bonds. The van der Waals surface area contributed by atoms with Crippen molar-refractivity contribution in [3.63, 3.8) is 0 Å². The number of hydrogen-bond acceptors (Lipinski definition) is 3. The number of benzene rings is 1. The van der Waals surface area contributed by atoms with Gasteiger partial charge in [-0.2, -0.15) is 0 Å². The summed E-state index contributed by atoms with van der Waals surface area (Å²) in [5.74, 6) is 0.181. The molecule has 0 bridgehead atoms. The first-order valence-electron chi connectivity index (χ1n) is 6.82. The molecule has 0 aliphatic carbocycles. The molecule has 1 aromatic heterocycles. The summed E-state index contributed by atoms with van der Waals surface area (Å²) in [6.45, 7) is 2.82. The van der Waals surface area contributed by atoms with Crippen molar-refractivity contribution in [1.82, 2.24) is 10.3 Å². The topological polar surface area (TPSA) is 34.2 Å². The first kappa shape index (κ1) is 15.7. The monoisotopic (exact) mass is 308 g/mol. The largest absolute Gasteiger partial charge is 0.481 e. The van der Waals surface area contributed by atoms with Crippen molar-refractivity contribution in [2.75, 3.05) is 13.7 Å². The zero-order valence-corrected chi connectivity index (χ0v) is 12.8. The second kappa shape index (κ2) is 7.38. The predicted octanol–water partition coefficient (Wildman–Crippen LogP) is 3.78. The third-order valence-electron chi connectivity index (χ3n) is 3.24. The highest BCUT2D eigenvalue weighted by atomic mass is 35.5. The molecule has 21 heavy (non-hydrogen) atoms. The van der Waals surface area contributed by atoms with Crippen molar-refractivity contribution in [2.24, 2.45) is 0 Å². The van der Waals surface area contributed by atoms with Gasteiger partial charge in [0.1, 0.15) is 5.82 Å². The van der Waals surface area contributed by atoms with Gasteiger partial charge in [-0.25, -0.2) is 9.37 Å². The van der Waals surface area contributed by atoms with E-state index in [9.17, 15) is 4.39 Å². The lowest BCUT2D eigenvalue weighted by Crippen LogP contribution is -2.23. The van der Waals surface area contributed by atoms with Gasteiger partial charge in [-0.05, 0) is 36.7 Å². The number of ether oxygens (including phenoxy) is 1. The Morgan fingerprint density at radius 3 is 2.86 bits per heavy atom. The number of likely N-dealkylation sites (N-methyl/N-ethyl adjacent to an activating group) is 1. The van der Waals surface area contributed by atoms with Crippen molar-refractivity contribution < 1.29 is 9.13 Å². The van der Waals surface area contributed by atoms with E-state index in [4.69, 9.17) is 16.3 Å². The van der Waals surface area contributed by atoms with Gasteiger partial charge in [0.05, 0.1) is 12.1 Å². The molecule has 0 radical (unpaired) electrons. The van der Waals surface area contributed by atoms with Gasteiger partial charge < -0.3 is 10.1 Å². The summed E-state index contributed by atoms with van der Waals surface area (Å²) < 4.78 is 18.9. The summed E-state index contributed by atoms with van der Waals surface area (Å²) >= 11 is 5.72. The molecule has 0 saturated carbocycles. The fraction of sp³-hybridized carbons (Fsp3) is 0.312. The number of nitrogens with one attached hydrogen (secondary N) is 1. The van der Waals surface area contributed by atoms with E-state index in [0.717, 1.165) is 17.7 Å². The average Bonchev–Trinajstić information content (AvgIpc) is 2.50. The van der Waals surface area contributed by atoms with Gasteiger partial charge >= 0.3 is 0 Å². The summed E-state index contributed by atoms with van der Waals surface area (Å²) in [7, 11) is 1.59. The van der Waals surface area contributed by atoms with Gasteiger partial charge in [-0.1, -0.05) is 30.7 Å². The zero-order chi connectivity index (χ0) is 15.2. The van der Waals surface area contributed by atoms with E-state index in [0.29, 0.717) is 12.3 Å². The number of rotatable bonds is 6. The maximum Gasteiger partial charge on any atom is 0.217 e. The van der Waals surface area contributed by atoms with Crippen LogP contribution >= 0.6 is 11.6 Å². The predicted molar refractivity (Wildman–Crippen MR) is 82.3 cm³/mol. The lowest BCUT2D eigenvalue weighted by molar-refractivity contribution is 0.382. The van der Waals surface area contributed by atoms with Crippen LogP contribution in [0.25, 0.3) is 0 Å². The second-order valence-electron chi connectivity index (χ2n) is 4.66. The van der Waals surface area contributed by atoms with Gasteiger partial charge in [-0.3, -0.25) is 0 Å². The molecule has 1 unspecified atom stereocenters. The molecule has 1 heterocycles. The average molecular weight is 309 g/mol. The van der Waals surface area contributed by atoms with Gasteiger partial charge in [0, 0.05) is 17.8 Å². The highest BCUT2D eigenvalue weighted by Gasteiger charge is 2.17. The Hall–Kier alpha value is -1.65. The third-order valence-corrected chi connectivity index (χ3v) is 3.55. The molecule has 2 aromatic rings. The van der Waals surface area contributed by atoms with E-state index in [1.807, 2.05) is 25.1 Å². The Bertz CT molecular complexity index is 607. The molecule has 0 saturated heterocycles. The maximum absolute atomic E-state index is 13.6. The molecule has 5 heteroatoms. The van der Waals surface area contributed by atoms with Crippen molar-refractivity contribution in [3.8, 4) is 5.88 Å². The van der Waals surface area contributed by atoms with Crippen LogP contribution < -0.4 is 10.1 Å². The summed E-state index contributed by atoms with van der Waals surface area (Å²) in [4.78, 5) is 4.22.